The van der Waals surface area contributed by atoms with Crippen molar-refractivity contribution < 1.29 is 9.32 Å². The summed E-state index contributed by atoms with van der Waals surface area (Å²) in [6.45, 7) is 1.24. The fraction of sp³-hybridized carbons (Fsp3) is 0.261. The lowest BCUT2D eigenvalue weighted by atomic mass is 10.1. The number of likely N-dealkylation sites (tertiary alicyclic amines) is 1. The monoisotopic (exact) mass is 418 g/mol. The number of nitrogens with zero attached hydrogens (tertiary/aromatic N) is 3. The van der Waals surface area contributed by atoms with Crippen molar-refractivity contribution in [3.8, 4) is 0 Å². The third-order valence-electron chi connectivity index (χ3n) is 5.61. The van der Waals surface area contributed by atoms with E-state index in [2.05, 4.69) is 51.7 Å². The highest BCUT2D eigenvalue weighted by Gasteiger charge is 2.33. The molecule has 1 fully saturated rings. The third kappa shape index (κ3) is 3.73. The molecule has 152 valence electrons. The average Bonchev–Trinajstić information content (AvgIpc) is 3.49. The summed E-state index contributed by atoms with van der Waals surface area (Å²) in [5, 5.41) is 5.34. The first-order chi connectivity index (χ1) is 14.7. The summed E-state index contributed by atoms with van der Waals surface area (Å²) in [6, 6.07) is 16.5. The van der Waals surface area contributed by atoms with Crippen molar-refractivity contribution in [1.29, 1.82) is 0 Å². The number of nitrogens with one attached hydrogen (secondary N) is 1. The fourth-order valence-electron chi connectivity index (χ4n) is 4.00. The SMILES string of the molecule is CSc1ccc(CN2CC(c3noc(Cc4c[nH]c5ccccc45)n3)CC2=O)cc1. The minimum Gasteiger partial charge on any atom is -0.361 e. The molecule has 7 heteroatoms. The predicted molar refractivity (Wildman–Crippen MR) is 116 cm³/mol. The summed E-state index contributed by atoms with van der Waals surface area (Å²) in [5.41, 5.74) is 3.35. The van der Waals surface area contributed by atoms with E-state index < -0.39 is 0 Å². The van der Waals surface area contributed by atoms with E-state index in [0.29, 0.717) is 37.6 Å². The number of aromatic amines is 1. The number of H-pyrrole nitrogens is 1. The van der Waals surface area contributed by atoms with Gasteiger partial charge in [-0.3, -0.25) is 4.79 Å². The second-order valence-electron chi connectivity index (χ2n) is 7.61. The molecule has 0 bridgehead atoms. The third-order valence-corrected chi connectivity index (χ3v) is 6.36. The summed E-state index contributed by atoms with van der Waals surface area (Å²) in [7, 11) is 0. The lowest BCUT2D eigenvalue weighted by molar-refractivity contribution is -0.128. The number of hydrogen-bond acceptors (Lipinski definition) is 5. The van der Waals surface area contributed by atoms with Crippen LogP contribution in [0.3, 0.4) is 0 Å². The van der Waals surface area contributed by atoms with Crippen LogP contribution in [0.25, 0.3) is 10.9 Å². The van der Waals surface area contributed by atoms with E-state index >= 15 is 0 Å². The fourth-order valence-corrected chi connectivity index (χ4v) is 4.40. The zero-order valence-electron chi connectivity index (χ0n) is 16.7. The van der Waals surface area contributed by atoms with Crippen molar-refractivity contribution in [2.75, 3.05) is 12.8 Å². The molecule has 4 aromatic rings. The molecular formula is C23H22N4O2S. The molecule has 1 atom stereocenters. The van der Waals surface area contributed by atoms with Gasteiger partial charge >= 0.3 is 0 Å². The van der Waals surface area contributed by atoms with E-state index in [1.807, 2.05) is 29.3 Å². The molecule has 30 heavy (non-hydrogen) atoms. The van der Waals surface area contributed by atoms with Crippen LogP contribution >= 0.6 is 11.8 Å². The number of hydrogen-bond donors (Lipinski definition) is 1. The number of carbonyl (C=O) groups is 1. The van der Waals surface area contributed by atoms with Gasteiger partial charge in [0.05, 0.1) is 6.42 Å². The highest BCUT2D eigenvalue weighted by Crippen LogP contribution is 2.28. The normalized spacial score (nSPS) is 16.6. The van der Waals surface area contributed by atoms with Gasteiger partial charge in [-0.25, -0.2) is 0 Å². The lowest BCUT2D eigenvalue weighted by Crippen LogP contribution is -2.24. The number of rotatable bonds is 6. The number of thioether (sulfide) groups is 1. The molecule has 1 N–H and O–H groups in total. The van der Waals surface area contributed by atoms with E-state index in [-0.39, 0.29) is 11.8 Å². The number of para-hydroxylation sites is 1. The highest BCUT2D eigenvalue weighted by atomic mass is 32.2. The first-order valence-corrected chi connectivity index (χ1v) is 11.2. The Balaban J connectivity index is 1.26. The van der Waals surface area contributed by atoms with Crippen LogP contribution in [0.1, 0.15) is 35.2 Å². The van der Waals surface area contributed by atoms with Crippen LogP contribution in [0.2, 0.25) is 0 Å². The van der Waals surface area contributed by atoms with Crippen LogP contribution < -0.4 is 0 Å². The van der Waals surface area contributed by atoms with Gasteiger partial charge in [-0.2, -0.15) is 4.98 Å². The van der Waals surface area contributed by atoms with Gasteiger partial charge in [0.2, 0.25) is 11.8 Å². The standard InChI is InChI=1S/C23H22N4O2S/c1-30-18-8-6-15(7-9-18)13-27-14-17(11-22(27)28)23-25-21(29-26-23)10-16-12-24-20-5-3-2-4-19(16)20/h2-9,12,17,24H,10-11,13-14H2,1H3. The van der Waals surface area contributed by atoms with Gasteiger partial charge in [-0.1, -0.05) is 35.5 Å². The molecule has 1 unspecified atom stereocenters. The minimum atomic E-state index is -0.0246. The molecular weight excluding hydrogens is 396 g/mol. The Morgan fingerprint density at radius 1 is 1.20 bits per heavy atom. The molecule has 0 spiro atoms. The van der Waals surface area contributed by atoms with Gasteiger partial charge in [0.15, 0.2) is 5.82 Å². The molecule has 6 nitrogen and oxygen atoms in total. The second-order valence-corrected chi connectivity index (χ2v) is 8.49. The maximum atomic E-state index is 12.5. The van der Waals surface area contributed by atoms with Crippen molar-refractivity contribution >= 4 is 28.6 Å². The Bertz CT molecular complexity index is 1180. The number of amides is 1. The van der Waals surface area contributed by atoms with Crippen LogP contribution in [-0.2, 0) is 17.8 Å². The van der Waals surface area contributed by atoms with Gasteiger partial charge in [0.1, 0.15) is 0 Å². The molecule has 0 aliphatic carbocycles. The summed E-state index contributed by atoms with van der Waals surface area (Å²) in [4.78, 5) is 23.5. The highest BCUT2D eigenvalue weighted by molar-refractivity contribution is 7.98. The Morgan fingerprint density at radius 3 is 2.87 bits per heavy atom. The Morgan fingerprint density at radius 2 is 2.03 bits per heavy atom. The van der Waals surface area contributed by atoms with Crippen LogP contribution in [0.15, 0.2) is 64.1 Å². The number of carbonyl (C=O) groups excluding carboxylic acids is 1. The van der Waals surface area contributed by atoms with Crippen molar-refractivity contribution in [2.24, 2.45) is 0 Å². The Kier molecular flexibility index (Phi) is 5.04. The first kappa shape index (κ1) is 18.9. The van der Waals surface area contributed by atoms with Gasteiger partial charge in [-0.05, 0) is 35.6 Å². The van der Waals surface area contributed by atoms with Crippen LogP contribution in [-0.4, -0.2) is 38.7 Å². The summed E-state index contributed by atoms with van der Waals surface area (Å²) < 4.78 is 5.51. The molecule has 0 saturated carbocycles. The van der Waals surface area contributed by atoms with E-state index in [1.54, 1.807) is 11.8 Å². The topological polar surface area (TPSA) is 75.0 Å². The number of benzene rings is 2. The summed E-state index contributed by atoms with van der Waals surface area (Å²) in [6.07, 6.45) is 5.04. The molecule has 1 saturated heterocycles. The molecule has 1 aliphatic heterocycles. The van der Waals surface area contributed by atoms with Gasteiger partial charge in [0, 0.05) is 47.4 Å². The van der Waals surface area contributed by atoms with E-state index in [0.717, 1.165) is 22.0 Å². The van der Waals surface area contributed by atoms with Crippen LogP contribution in [0, 0.1) is 0 Å². The van der Waals surface area contributed by atoms with Gasteiger partial charge in [0.25, 0.3) is 0 Å². The minimum absolute atomic E-state index is 0.0246. The largest absolute Gasteiger partial charge is 0.361 e. The molecule has 2 aromatic heterocycles. The second kappa shape index (κ2) is 7.99. The van der Waals surface area contributed by atoms with Gasteiger partial charge in [-0.15, -0.1) is 11.8 Å². The van der Waals surface area contributed by atoms with Crippen LogP contribution in [0.4, 0.5) is 0 Å². The quantitative estimate of drug-likeness (QED) is 0.470. The first-order valence-electron chi connectivity index (χ1n) is 9.98. The molecule has 1 amide bonds. The maximum Gasteiger partial charge on any atom is 0.231 e. The summed E-state index contributed by atoms with van der Waals surface area (Å²) >= 11 is 1.71. The smallest absolute Gasteiger partial charge is 0.231 e. The summed E-state index contributed by atoms with van der Waals surface area (Å²) in [5.74, 6) is 1.31. The Hall–Kier alpha value is -3.06. The van der Waals surface area contributed by atoms with Gasteiger partial charge < -0.3 is 14.4 Å². The molecule has 2 aromatic carbocycles. The van der Waals surface area contributed by atoms with Crippen molar-refractivity contribution in [3.05, 3.63) is 77.6 Å². The zero-order chi connectivity index (χ0) is 20.5. The Labute approximate surface area is 178 Å². The van der Waals surface area contributed by atoms with Crippen molar-refractivity contribution in [1.82, 2.24) is 20.0 Å². The van der Waals surface area contributed by atoms with E-state index in [1.165, 1.54) is 4.90 Å². The lowest BCUT2D eigenvalue weighted by Gasteiger charge is -2.16. The van der Waals surface area contributed by atoms with E-state index in [4.69, 9.17) is 4.52 Å². The zero-order valence-corrected chi connectivity index (χ0v) is 17.5. The molecule has 5 rings (SSSR count). The molecule has 0 radical (unpaired) electrons. The maximum absolute atomic E-state index is 12.5. The number of aromatic nitrogens is 3. The predicted octanol–water partition coefficient (Wildman–Crippen LogP) is 4.38. The van der Waals surface area contributed by atoms with E-state index in [9.17, 15) is 4.79 Å². The molecule has 3 heterocycles. The molecule has 1 aliphatic rings. The van der Waals surface area contributed by atoms with Crippen LogP contribution in [0.5, 0.6) is 0 Å². The average molecular weight is 419 g/mol. The number of fused-ring (bicyclic) bond motifs is 1. The van der Waals surface area contributed by atoms with Crippen molar-refractivity contribution in [3.63, 3.8) is 0 Å². The van der Waals surface area contributed by atoms with Crippen molar-refractivity contribution in [2.45, 2.75) is 30.2 Å².